The monoisotopic (exact) mass is 279 g/mol. The molecule has 1 aliphatic heterocycles. The van der Waals surface area contributed by atoms with Crippen LogP contribution in [-0.2, 0) is 11.2 Å². The summed E-state index contributed by atoms with van der Waals surface area (Å²) in [4.78, 5) is 4.54. The number of hydrogen-bond acceptors (Lipinski definition) is 5. The predicted octanol–water partition coefficient (Wildman–Crippen LogP) is 2.63. The minimum absolute atomic E-state index is 0.0524. The van der Waals surface area contributed by atoms with Crippen LogP contribution in [0.1, 0.15) is 63.3 Å². The number of hydrogen-bond donors (Lipinski definition) is 1. The normalized spacial score (nSPS) is 25.4. The molecule has 1 saturated carbocycles. The highest BCUT2D eigenvalue weighted by atomic mass is 16.5. The van der Waals surface area contributed by atoms with Gasteiger partial charge in [-0.05, 0) is 38.1 Å². The van der Waals surface area contributed by atoms with Gasteiger partial charge < -0.3 is 14.6 Å². The molecule has 1 aliphatic carbocycles. The van der Waals surface area contributed by atoms with Crippen molar-refractivity contribution in [3.63, 3.8) is 0 Å². The second-order valence-corrected chi connectivity index (χ2v) is 5.96. The number of rotatable bonds is 6. The Bertz CT molecular complexity index is 409. The second kappa shape index (κ2) is 6.68. The molecule has 0 radical (unpaired) electrons. The van der Waals surface area contributed by atoms with Crippen molar-refractivity contribution in [2.45, 2.75) is 64.0 Å². The van der Waals surface area contributed by atoms with Gasteiger partial charge >= 0.3 is 0 Å². The Labute approximate surface area is 120 Å². The summed E-state index contributed by atoms with van der Waals surface area (Å²) in [5.41, 5.74) is 0. The van der Waals surface area contributed by atoms with Crippen molar-refractivity contribution in [2.75, 3.05) is 13.2 Å². The molecule has 2 unspecified atom stereocenters. The molecule has 2 heterocycles. The second-order valence-electron chi connectivity index (χ2n) is 5.96. The standard InChI is InChI=1S/C15H25N3O2/c1-2-16-12(11-6-3-4-7-11)10-14-17-15(18-20-14)13-8-5-9-19-13/h11-13,16H,2-10H2,1H3. The van der Waals surface area contributed by atoms with Crippen molar-refractivity contribution >= 4 is 0 Å². The number of ether oxygens (including phenoxy) is 1. The smallest absolute Gasteiger partial charge is 0.228 e. The lowest BCUT2D eigenvalue weighted by Gasteiger charge is -2.22. The van der Waals surface area contributed by atoms with Gasteiger partial charge in [-0.1, -0.05) is 24.9 Å². The van der Waals surface area contributed by atoms with Crippen molar-refractivity contribution in [3.8, 4) is 0 Å². The van der Waals surface area contributed by atoms with Crippen LogP contribution < -0.4 is 5.32 Å². The molecule has 0 amide bonds. The maximum Gasteiger partial charge on any atom is 0.228 e. The maximum atomic E-state index is 5.60. The third-order valence-electron chi connectivity index (χ3n) is 4.53. The molecule has 5 nitrogen and oxygen atoms in total. The van der Waals surface area contributed by atoms with E-state index in [1.165, 1.54) is 25.7 Å². The van der Waals surface area contributed by atoms with Gasteiger partial charge in [0.2, 0.25) is 11.7 Å². The van der Waals surface area contributed by atoms with Gasteiger partial charge in [-0.3, -0.25) is 0 Å². The summed E-state index contributed by atoms with van der Waals surface area (Å²) < 4.78 is 11.0. The first-order valence-corrected chi connectivity index (χ1v) is 8.04. The molecule has 20 heavy (non-hydrogen) atoms. The minimum atomic E-state index is 0.0524. The van der Waals surface area contributed by atoms with Crippen molar-refractivity contribution < 1.29 is 9.26 Å². The van der Waals surface area contributed by atoms with Gasteiger partial charge in [0.05, 0.1) is 0 Å². The Hall–Kier alpha value is -0.940. The summed E-state index contributed by atoms with van der Waals surface area (Å²) in [6.45, 7) is 3.97. The van der Waals surface area contributed by atoms with E-state index in [1.807, 2.05) is 0 Å². The van der Waals surface area contributed by atoms with Crippen molar-refractivity contribution in [1.82, 2.24) is 15.5 Å². The van der Waals surface area contributed by atoms with Gasteiger partial charge in [-0.2, -0.15) is 4.98 Å². The lowest BCUT2D eigenvalue weighted by Crippen LogP contribution is -2.37. The van der Waals surface area contributed by atoms with E-state index < -0.39 is 0 Å². The third kappa shape index (κ3) is 3.20. The Morgan fingerprint density at radius 2 is 2.10 bits per heavy atom. The predicted molar refractivity (Wildman–Crippen MR) is 75.4 cm³/mol. The molecule has 1 aromatic rings. The fraction of sp³-hybridized carbons (Fsp3) is 0.867. The van der Waals surface area contributed by atoms with Gasteiger partial charge in [0.15, 0.2) is 0 Å². The lowest BCUT2D eigenvalue weighted by atomic mass is 9.95. The molecule has 0 bridgehead atoms. The average molecular weight is 279 g/mol. The number of nitrogens with one attached hydrogen (secondary N) is 1. The molecule has 0 aromatic carbocycles. The highest BCUT2D eigenvalue weighted by Gasteiger charge is 2.28. The minimum Gasteiger partial charge on any atom is -0.370 e. The van der Waals surface area contributed by atoms with E-state index in [0.717, 1.165) is 50.0 Å². The number of likely N-dealkylation sites (N-methyl/N-ethyl adjacent to an activating group) is 1. The van der Waals surface area contributed by atoms with Gasteiger partial charge in [0, 0.05) is 19.1 Å². The van der Waals surface area contributed by atoms with E-state index >= 15 is 0 Å². The number of nitrogens with zero attached hydrogens (tertiary/aromatic N) is 2. The van der Waals surface area contributed by atoms with Crippen LogP contribution in [0.2, 0.25) is 0 Å². The van der Waals surface area contributed by atoms with Crippen LogP contribution in [0.25, 0.3) is 0 Å². The molecule has 1 saturated heterocycles. The summed E-state index contributed by atoms with van der Waals surface area (Å²) in [5.74, 6) is 2.25. The van der Waals surface area contributed by atoms with Crippen LogP contribution in [0.3, 0.4) is 0 Å². The molecule has 5 heteroatoms. The Kier molecular flexibility index (Phi) is 4.68. The SMILES string of the molecule is CCNC(Cc1nc(C2CCCO2)no1)C1CCCC1. The van der Waals surface area contributed by atoms with Crippen LogP contribution in [0, 0.1) is 5.92 Å². The molecule has 2 aliphatic rings. The number of aromatic nitrogens is 2. The summed E-state index contributed by atoms with van der Waals surface area (Å²) in [6.07, 6.45) is 8.37. The molecule has 3 rings (SSSR count). The Balaban J connectivity index is 1.62. The fourth-order valence-corrected chi connectivity index (χ4v) is 3.48. The third-order valence-corrected chi connectivity index (χ3v) is 4.53. The summed E-state index contributed by atoms with van der Waals surface area (Å²) >= 11 is 0. The van der Waals surface area contributed by atoms with Gasteiger partial charge in [-0.15, -0.1) is 0 Å². The zero-order valence-electron chi connectivity index (χ0n) is 12.3. The highest BCUT2D eigenvalue weighted by molar-refractivity contribution is 4.96. The van der Waals surface area contributed by atoms with E-state index in [2.05, 4.69) is 22.4 Å². The molecule has 1 N–H and O–H groups in total. The summed E-state index contributed by atoms with van der Waals surface area (Å²) in [5, 5.41) is 7.69. The van der Waals surface area contributed by atoms with Crippen LogP contribution in [0.5, 0.6) is 0 Å². The van der Waals surface area contributed by atoms with Crippen LogP contribution in [0.15, 0.2) is 4.52 Å². The van der Waals surface area contributed by atoms with Crippen molar-refractivity contribution in [3.05, 3.63) is 11.7 Å². The van der Waals surface area contributed by atoms with E-state index in [1.54, 1.807) is 0 Å². The quantitative estimate of drug-likeness (QED) is 0.867. The van der Waals surface area contributed by atoms with Gasteiger partial charge in [-0.25, -0.2) is 0 Å². The zero-order valence-corrected chi connectivity index (χ0v) is 12.3. The highest BCUT2D eigenvalue weighted by Crippen LogP contribution is 2.30. The first-order chi connectivity index (χ1) is 9.86. The van der Waals surface area contributed by atoms with Gasteiger partial charge in [0.1, 0.15) is 6.10 Å². The van der Waals surface area contributed by atoms with E-state index in [-0.39, 0.29) is 6.10 Å². The van der Waals surface area contributed by atoms with E-state index in [9.17, 15) is 0 Å². The molecular formula is C15H25N3O2. The van der Waals surface area contributed by atoms with Crippen molar-refractivity contribution in [1.29, 1.82) is 0 Å². The summed E-state index contributed by atoms with van der Waals surface area (Å²) in [6, 6.07) is 0.472. The Morgan fingerprint density at radius 3 is 2.80 bits per heavy atom. The van der Waals surface area contributed by atoms with Crippen LogP contribution in [-0.4, -0.2) is 29.3 Å². The largest absolute Gasteiger partial charge is 0.370 e. The van der Waals surface area contributed by atoms with E-state index in [0.29, 0.717) is 6.04 Å². The molecule has 1 aromatic heterocycles. The van der Waals surface area contributed by atoms with Crippen LogP contribution in [0.4, 0.5) is 0 Å². The molecule has 2 atom stereocenters. The average Bonchev–Trinajstić information content (AvgIpc) is 3.20. The van der Waals surface area contributed by atoms with E-state index in [4.69, 9.17) is 9.26 Å². The Morgan fingerprint density at radius 1 is 1.25 bits per heavy atom. The zero-order chi connectivity index (χ0) is 13.8. The van der Waals surface area contributed by atoms with Crippen LogP contribution >= 0.6 is 0 Å². The molecular weight excluding hydrogens is 254 g/mol. The summed E-state index contributed by atoms with van der Waals surface area (Å²) in [7, 11) is 0. The first-order valence-electron chi connectivity index (χ1n) is 8.04. The first kappa shape index (κ1) is 14.0. The van der Waals surface area contributed by atoms with Crippen molar-refractivity contribution in [2.24, 2.45) is 5.92 Å². The topological polar surface area (TPSA) is 60.2 Å². The molecule has 0 spiro atoms. The van der Waals surface area contributed by atoms with Gasteiger partial charge in [0.25, 0.3) is 0 Å². The lowest BCUT2D eigenvalue weighted by molar-refractivity contribution is 0.103. The fourth-order valence-electron chi connectivity index (χ4n) is 3.48. The molecule has 2 fully saturated rings. The maximum absolute atomic E-state index is 5.60. The molecule has 112 valence electrons.